The molecule has 1 saturated heterocycles. The lowest BCUT2D eigenvalue weighted by Crippen LogP contribution is -2.58. The Morgan fingerprint density at radius 3 is 2.41 bits per heavy atom. The van der Waals surface area contributed by atoms with Crippen LogP contribution in [0.25, 0.3) is 0 Å². The molecular weight excluding hydrogens is 300 g/mol. The Kier molecular flexibility index (Phi) is 3.37. The van der Waals surface area contributed by atoms with Crippen molar-refractivity contribution in [2.45, 2.75) is 30.5 Å². The van der Waals surface area contributed by atoms with Gasteiger partial charge in [-0.15, -0.1) is 0 Å². The minimum absolute atomic E-state index is 0.180. The summed E-state index contributed by atoms with van der Waals surface area (Å²) in [6, 6.07) is 0.900. The molecule has 9 heteroatoms. The standard InChI is InChI=1S/C13H14O9/c14-2-5-8(17)10(19)12-11(21-5)6-3(13(20)22-12)1-4(15)7(16)9(6)18/h1,5,8,10-12,14-19H,2H2/t5-,8-,10+,11+,12-/m1/s1. The Balaban J connectivity index is 2.15. The van der Waals surface area contributed by atoms with Crippen molar-refractivity contribution in [3.05, 3.63) is 17.2 Å². The second-order valence-corrected chi connectivity index (χ2v) is 5.18. The Hall–Kier alpha value is -2.07. The zero-order valence-electron chi connectivity index (χ0n) is 11.1. The Morgan fingerprint density at radius 1 is 1.09 bits per heavy atom. The van der Waals surface area contributed by atoms with Gasteiger partial charge in [0.1, 0.15) is 24.4 Å². The molecule has 9 nitrogen and oxygen atoms in total. The van der Waals surface area contributed by atoms with E-state index in [4.69, 9.17) is 9.47 Å². The van der Waals surface area contributed by atoms with Crippen molar-refractivity contribution < 1.29 is 44.9 Å². The van der Waals surface area contributed by atoms with Crippen LogP contribution in [0.3, 0.4) is 0 Å². The van der Waals surface area contributed by atoms with Crippen LogP contribution < -0.4 is 0 Å². The predicted octanol–water partition coefficient (Wildman–Crippen LogP) is -1.50. The fourth-order valence-corrected chi connectivity index (χ4v) is 2.76. The van der Waals surface area contributed by atoms with Gasteiger partial charge in [-0.1, -0.05) is 0 Å². The molecule has 0 saturated carbocycles. The number of fused-ring (bicyclic) bond motifs is 3. The van der Waals surface area contributed by atoms with Crippen LogP contribution in [-0.4, -0.2) is 67.6 Å². The molecule has 22 heavy (non-hydrogen) atoms. The quantitative estimate of drug-likeness (QED) is 0.268. The van der Waals surface area contributed by atoms with Crippen LogP contribution in [-0.2, 0) is 9.47 Å². The van der Waals surface area contributed by atoms with Crippen LogP contribution in [0.4, 0.5) is 0 Å². The Morgan fingerprint density at radius 2 is 1.77 bits per heavy atom. The number of esters is 1. The van der Waals surface area contributed by atoms with Gasteiger partial charge in [0.15, 0.2) is 17.6 Å². The lowest BCUT2D eigenvalue weighted by molar-refractivity contribution is -0.235. The molecule has 2 heterocycles. The summed E-state index contributed by atoms with van der Waals surface area (Å²) in [7, 11) is 0. The highest BCUT2D eigenvalue weighted by molar-refractivity contribution is 5.95. The number of aromatic hydroxyl groups is 3. The average molecular weight is 314 g/mol. The second kappa shape index (κ2) is 4.99. The maximum atomic E-state index is 11.9. The number of carbonyl (C=O) groups is 1. The van der Waals surface area contributed by atoms with Crippen LogP contribution in [0.15, 0.2) is 6.07 Å². The molecule has 0 bridgehead atoms. The van der Waals surface area contributed by atoms with Crippen molar-refractivity contribution in [1.82, 2.24) is 0 Å². The van der Waals surface area contributed by atoms with E-state index in [0.717, 1.165) is 6.07 Å². The molecule has 0 aromatic heterocycles. The van der Waals surface area contributed by atoms with Gasteiger partial charge < -0.3 is 40.1 Å². The van der Waals surface area contributed by atoms with E-state index in [-0.39, 0.29) is 11.1 Å². The molecule has 0 unspecified atom stereocenters. The van der Waals surface area contributed by atoms with E-state index in [9.17, 15) is 35.4 Å². The summed E-state index contributed by atoms with van der Waals surface area (Å²) in [6.45, 7) is -0.616. The van der Waals surface area contributed by atoms with Gasteiger partial charge in [0.25, 0.3) is 0 Å². The number of phenols is 3. The van der Waals surface area contributed by atoms with Gasteiger partial charge in [0, 0.05) is 5.56 Å². The zero-order valence-corrected chi connectivity index (χ0v) is 11.1. The summed E-state index contributed by atoms with van der Waals surface area (Å²) < 4.78 is 10.4. The number of carbonyl (C=O) groups excluding carboxylic acids is 1. The number of ether oxygens (including phenoxy) is 2. The summed E-state index contributed by atoms with van der Waals surface area (Å²) in [6.07, 6.45) is -6.75. The SMILES string of the molecule is O=C1O[C@@H]2[C@@H](O)[C@H](O)[C@@H](CO)O[C@H]2c2c1cc(O)c(O)c2O. The monoisotopic (exact) mass is 314 g/mol. The van der Waals surface area contributed by atoms with Gasteiger partial charge in [0.2, 0.25) is 5.75 Å². The number of aliphatic hydroxyl groups is 3. The number of phenolic OH excluding ortho intramolecular Hbond substituents is 3. The van der Waals surface area contributed by atoms with Crippen LogP contribution in [0.5, 0.6) is 17.2 Å². The minimum Gasteiger partial charge on any atom is -0.504 e. The molecule has 1 aromatic carbocycles. The number of aliphatic hydroxyl groups excluding tert-OH is 3. The molecule has 0 aliphatic carbocycles. The van der Waals surface area contributed by atoms with E-state index in [1.54, 1.807) is 0 Å². The Bertz CT molecular complexity index is 628. The highest BCUT2D eigenvalue weighted by Gasteiger charge is 2.51. The fraction of sp³-hybridized carbons (Fsp3) is 0.462. The number of hydrogen-bond donors (Lipinski definition) is 6. The summed E-state index contributed by atoms with van der Waals surface area (Å²) >= 11 is 0. The Labute approximate surface area is 123 Å². The van der Waals surface area contributed by atoms with Gasteiger partial charge in [-0.3, -0.25) is 0 Å². The maximum absolute atomic E-state index is 11.9. The van der Waals surface area contributed by atoms with Gasteiger partial charge in [-0.25, -0.2) is 4.79 Å². The molecule has 0 spiro atoms. The lowest BCUT2D eigenvalue weighted by atomic mass is 9.86. The summed E-state index contributed by atoms with van der Waals surface area (Å²) in [5, 5.41) is 58.1. The lowest BCUT2D eigenvalue weighted by Gasteiger charge is -2.44. The second-order valence-electron chi connectivity index (χ2n) is 5.18. The topological polar surface area (TPSA) is 157 Å². The van der Waals surface area contributed by atoms with E-state index in [2.05, 4.69) is 0 Å². The van der Waals surface area contributed by atoms with Crippen molar-refractivity contribution in [1.29, 1.82) is 0 Å². The van der Waals surface area contributed by atoms with Crippen molar-refractivity contribution in [3.63, 3.8) is 0 Å². The third-order valence-corrected chi connectivity index (χ3v) is 3.91. The number of rotatable bonds is 1. The summed E-state index contributed by atoms with van der Waals surface area (Å²) in [5.74, 6) is -3.32. The van der Waals surface area contributed by atoms with Gasteiger partial charge >= 0.3 is 5.97 Å². The number of hydrogen-bond acceptors (Lipinski definition) is 9. The van der Waals surface area contributed by atoms with Gasteiger partial charge in [-0.2, -0.15) is 0 Å². The van der Waals surface area contributed by atoms with Crippen molar-refractivity contribution in [3.8, 4) is 17.2 Å². The maximum Gasteiger partial charge on any atom is 0.339 e. The zero-order chi connectivity index (χ0) is 16.2. The van der Waals surface area contributed by atoms with Gasteiger partial charge in [0.05, 0.1) is 12.2 Å². The molecule has 3 rings (SSSR count). The molecule has 0 radical (unpaired) electrons. The molecule has 0 amide bonds. The smallest absolute Gasteiger partial charge is 0.339 e. The summed E-state index contributed by atoms with van der Waals surface area (Å²) in [4.78, 5) is 11.9. The highest BCUT2D eigenvalue weighted by Crippen LogP contribution is 2.49. The molecule has 120 valence electrons. The van der Waals surface area contributed by atoms with Crippen LogP contribution in [0.2, 0.25) is 0 Å². The van der Waals surface area contributed by atoms with Crippen LogP contribution in [0, 0.1) is 0 Å². The van der Waals surface area contributed by atoms with Crippen molar-refractivity contribution in [2.24, 2.45) is 0 Å². The predicted molar refractivity (Wildman–Crippen MR) is 67.4 cm³/mol. The van der Waals surface area contributed by atoms with E-state index < -0.39 is 60.3 Å². The van der Waals surface area contributed by atoms with Crippen molar-refractivity contribution in [2.75, 3.05) is 6.61 Å². The molecule has 1 aromatic rings. The van der Waals surface area contributed by atoms with Crippen LogP contribution >= 0.6 is 0 Å². The fourth-order valence-electron chi connectivity index (χ4n) is 2.76. The first-order valence-electron chi connectivity index (χ1n) is 6.48. The van der Waals surface area contributed by atoms with Crippen LogP contribution in [0.1, 0.15) is 22.0 Å². The van der Waals surface area contributed by atoms with E-state index >= 15 is 0 Å². The molecule has 2 aliphatic heterocycles. The number of benzene rings is 1. The minimum atomic E-state index is -1.55. The van der Waals surface area contributed by atoms with E-state index in [1.165, 1.54) is 0 Å². The van der Waals surface area contributed by atoms with Crippen molar-refractivity contribution >= 4 is 5.97 Å². The van der Waals surface area contributed by atoms with Gasteiger partial charge in [-0.05, 0) is 6.07 Å². The highest BCUT2D eigenvalue weighted by atomic mass is 16.6. The first-order valence-corrected chi connectivity index (χ1v) is 6.48. The molecule has 5 atom stereocenters. The van der Waals surface area contributed by atoms with E-state index in [0.29, 0.717) is 0 Å². The normalized spacial score (nSPS) is 33.8. The molecule has 6 N–H and O–H groups in total. The van der Waals surface area contributed by atoms with E-state index in [1.807, 2.05) is 0 Å². The molecular formula is C13H14O9. The molecule has 1 fully saturated rings. The first kappa shape index (κ1) is 14.9. The first-order chi connectivity index (χ1) is 10.4. The third-order valence-electron chi connectivity index (χ3n) is 3.91. The summed E-state index contributed by atoms with van der Waals surface area (Å²) in [5.41, 5.74) is -0.421. The third kappa shape index (κ3) is 1.91. The average Bonchev–Trinajstić information content (AvgIpc) is 2.49. The largest absolute Gasteiger partial charge is 0.504 e. The molecule has 2 aliphatic rings.